The highest BCUT2D eigenvalue weighted by atomic mass is 35.5. The molecule has 0 radical (unpaired) electrons. The Hall–Kier alpha value is -3.66. The first kappa shape index (κ1) is 26.0. The summed E-state index contributed by atoms with van der Waals surface area (Å²) in [4.78, 5) is 23.0. The highest BCUT2D eigenvalue weighted by Crippen LogP contribution is 2.27. The van der Waals surface area contributed by atoms with E-state index < -0.39 is 6.10 Å². The number of carbonyl (C=O) groups is 1. The van der Waals surface area contributed by atoms with Gasteiger partial charge >= 0.3 is 0 Å². The van der Waals surface area contributed by atoms with Crippen molar-refractivity contribution in [3.63, 3.8) is 0 Å². The fraction of sp³-hybridized carbons (Fsp3) is 0.321. The number of nitrogens with one attached hydrogen (secondary N) is 1. The van der Waals surface area contributed by atoms with E-state index in [0.29, 0.717) is 34.6 Å². The molecule has 4 aromatic rings. The maximum atomic E-state index is 13.0. The van der Waals surface area contributed by atoms with Crippen LogP contribution in [0.1, 0.15) is 51.9 Å². The Labute approximate surface area is 225 Å². The zero-order valence-corrected chi connectivity index (χ0v) is 22.0. The molecule has 2 N–H and O–H groups in total. The Morgan fingerprint density at radius 3 is 2.66 bits per heavy atom. The molecule has 0 aliphatic carbocycles. The number of rotatable bonds is 8. The third kappa shape index (κ3) is 6.07. The van der Waals surface area contributed by atoms with Crippen LogP contribution < -0.4 is 5.32 Å². The van der Waals surface area contributed by atoms with Crippen LogP contribution in [0.15, 0.2) is 65.5 Å². The lowest BCUT2D eigenvalue weighted by molar-refractivity contribution is 0.0785. The lowest BCUT2D eigenvalue weighted by Crippen LogP contribution is -2.35. The van der Waals surface area contributed by atoms with E-state index in [1.165, 1.54) is 0 Å². The lowest BCUT2D eigenvalue weighted by Gasteiger charge is -2.20. The van der Waals surface area contributed by atoms with Crippen molar-refractivity contribution in [2.45, 2.75) is 50.9 Å². The van der Waals surface area contributed by atoms with Gasteiger partial charge in [-0.2, -0.15) is 0 Å². The van der Waals surface area contributed by atoms with E-state index in [0.717, 1.165) is 36.0 Å². The molecule has 3 atom stereocenters. The van der Waals surface area contributed by atoms with Crippen molar-refractivity contribution in [2.75, 3.05) is 7.05 Å². The van der Waals surface area contributed by atoms with Gasteiger partial charge in [0.15, 0.2) is 0 Å². The number of pyridine rings is 2. The highest BCUT2D eigenvalue weighted by Gasteiger charge is 2.30. The van der Waals surface area contributed by atoms with E-state index in [9.17, 15) is 9.90 Å². The molecule has 1 aliphatic heterocycles. The van der Waals surface area contributed by atoms with Crippen molar-refractivity contribution < 1.29 is 14.3 Å². The van der Waals surface area contributed by atoms with Crippen molar-refractivity contribution >= 4 is 17.5 Å². The Bertz CT molecular complexity index is 1390. The molecule has 0 saturated carbocycles. The zero-order valence-electron chi connectivity index (χ0n) is 21.2. The largest absolute Gasteiger partial charge is 0.421 e. The summed E-state index contributed by atoms with van der Waals surface area (Å²) in [5.74, 6) is 0.813. The third-order valence-corrected chi connectivity index (χ3v) is 6.99. The number of aryl methyl sites for hydroxylation is 1. The lowest BCUT2D eigenvalue weighted by atomic mass is 10.0. The van der Waals surface area contributed by atoms with Crippen molar-refractivity contribution in [3.8, 4) is 11.5 Å². The number of hydrogen-bond acceptors (Lipinski definition) is 8. The van der Waals surface area contributed by atoms with Crippen molar-refractivity contribution in [1.29, 1.82) is 0 Å². The smallest absolute Gasteiger partial charge is 0.253 e. The van der Waals surface area contributed by atoms with Crippen LogP contribution >= 0.6 is 11.6 Å². The number of amides is 1. The molecule has 10 heteroatoms. The van der Waals surface area contributed by atoms with Gasteiger partial charge < -0.3 is 19.7 Å². The van der Waals surface area contributed by atoms with Gasteiger partial charge in [0.1, 0.15) is 5.15 Å². The average Bonchev–Trinajstić information content (AvgIpc) is 3.58. The topological polar surface area (TPSA) is 117 Å². The van der Waals surface area contributed by atoms with Gasteiger partial charge in [-0.25, -0.2) is 4.98 Å². The maximum absolute atomic E-state index is 13.0. The van der Waals surface area contributed by atoms with Crippen LogP contribution in [-0.2, 0) is 13.0 Å². The first-order valence-electron chi connectivity index (χ1n) is 12.5. The number of benzene rings is 1. The number of nitrogens with zero attached hydrogens (tertiary/aromatic N) is 5. The molecule has 1 saturated heterocycles. The number of aliphatic hydroxyl groups is 1. The molecule has 1 fully saturated rings. The first-order valence-corrected chi connectivity index (χ1v) is 12.9. The minimum absolute atomic E-state index is 0.0330. The summed E-state index contributed by atoms with van der Waals surface area (Å²) in [6.07, 6.45) is 7.03. The van der Waals surface area contributed by atoms with Gasteiger partial charge in [-0.3, -0.25) is 9.78 Å². The molecule has 1 amide bonds. The van der Waals surface area contributed by atoms with Crippen LogP contribution in [0, 0.1) is 6.92 Å². The summed E-state index contributed by atoms with van der Waals surface area (Å²) >= 11 is 5.86. The predicted octanol–water partition coefficient (Wildman–Crippen LogP) is 4.16. The second kappa shape index (κ2) is 11.4. The average molecular weight is 533 g/mol. The number of aromatic nitrogens is 4. The molecular weight excluding hydrogens is 504 g/mol. The van der Waals surface area contributed by atoms with Crippen LogP contribution in [0.5, 0.6) is 0 Å². The van der Waals surface area contributed by atoms with E-state index in [-0.39, 0.29) is 18.0 Å². The molecule has 3 aromatic heterocycles. The number of halogens is 1. The quantitative estimate of drug-likeness (QED) is 0.325. The zero-order chi connectivity index (χ0) is 26.6. The van der Waals surface area contributed by atoms with Crippen LogP contribution in [0.4, 0.5) is 0 Å². The van der Waals surface area contributed by atoms with Crippen LogP contribution in [0.2, 0.25) is 5.15 Å². The number of hydrogen-bond donors (Lipinski definition) is 2. The SMILES string of the molecule is Cc1nnc(-c2cncc(CN(C)C(=O)c3ccc(C[C@@H]4CC[C@H]([C@H](O)c5ccc(Cl)nc5)N4)cc3)c2)o1. The Balaban J connectivity index is 1.15. The van der Waals surface area contributed by atoms with Crippen molar-refractivity contribution in [1.82, 2.24) is 30.4 Å². The molecule has 9 nitrogen and oxygen atoms in total. The van der Waals surface area contributed by atoms with E-state index in [1.54, 1.807) is 43.5 Å². The van der Waals surface area contributed by atoms with Crippen LogP contribution in [0.3, 0.4) is 0 Å². The maximum Gasteiger partial charge on any atom is 0.253 e. The summed E-state index contributed by atoms with van der Waals surface area (Å²) in [5, 5.41) is 22.6. The summed E-state index contributed by atoms with van der Waals surface area (Å²) in [6.45, 7) is 2.13. The Kier molecular flexibility index (Phi) is 7.78. The summed E-state index contributed by atoms with van der Waals surface area (Å²) in [7, 11) is 1.77. The molecule has 1 aromatic carbocycles. The fourth-order valence-electron chi connectivity index (χ4n) is 4.79. The number of carbonyl (C=O) groups excluding carboxylic acids is 1. The second-order valence-electron chi connectivity index (χ2n) is 9.68. The van der Waals surface area contributed by atoms with E-state index in [1.807, 2.05) is 36.4 Å². The van der Waals surface area contributed by atoms with Crippen LogP contribution in [0.25, 0.3) is 11.5 Å². The molecule has 5 rings (SSSR count). The first-order chi connectivity index (χ1) is 18.4. The summed E-state index contributed by atoms with van der Waals surface area (Å²) < 4.78 is 5.48. The second-order valence-corrected chi connectivity index (χ2v) is 10.1. The van der Waals surface area contributed by atoms with Crippen LogP contribution in [-0.4, -0.2) is 55.2 Å². The summed E-state index contributed by atoms with van der Waals surface area (Å²) in [5.41, 5.74) is 4.09. The van der Waals surface area contributed by atoms with Crippen molar-refractivity contribution in [3.05, 3.63) is 94.4 Å². The molecule has 0 unspecified atom stereocenters. The molecule has 1 aliphatic rings. The van der Waals surface area contributed by atoms with Gasteiger partial charge in [0, 0.05) is 62.3 Å². The van der Waals surface area contributed by atoms with E-state index >= 15 is 0 Å². The molecule has 4 heterocycles. The molecule has 0 spiro atoms. The predicted molar refractivity (Wildman–Crippen MR) is 142 cm³/mol. The van der Waals surface area contributed by atoms with Gasteiger partial charge in [-0.1, -0.05) is 29.8 Å². The van der Waals surface area contributed by atoms with E-state index in [4.69, 9.17) is 16.0 Å². The highest BCUT2D eigenvalue weighted by molar-refractivity contribution is 6.29. The molecule has 0 bridgehead atoms. The van der Waals surface area contributed by atoms with Gasteiger partial charge in [0.2, 0.25) is 11.8 Å². The standard InChI is InChI=1S/C28H29ClN6O3/c1-17-33-34-27(38-17)22-11-19(13-30-14-22)16-35(2)28(37)20-5-3-18(4-6-20)12-23-8-9-24(32-23)26(36)21-7-10-25(29)31-15-21/h3-7,10-11,13-15,23-24,26,32,36H,8-9,12,16H2,1-2H3/t23-,24+,26+/m0/s1. The Morgan fingerprint density at radius 1 is 1.13 bits per heavy atom. The molecule has 196 valence electrons. The monoisotopic (exact) mass is 532 g/mol. The van der Waals surface area contributed by atoms with Gasteiger partial charge in [-0.15, -0.1) is 10.2 Å². The van der Waals surface area contributed by atoms with Gasteiger partial charge in [0.05, 0.1) is 11.7 Å². The fourth-order valence-corrected chi connectivity index (χ4v) is 4.90. The molecular formula is C28H29ClN6O3. The summed E-state index contributed by atoms with van der Waals surface area (Å²) in [6, 6.07) is 13.3. The number of aliphatic hydroxyl groups excluding tert-OH is 1. The van der Waals surface area contributed by atoms with Gasteiger partial charge in [-0.05, 0) is 54.7 Å². The normalized spacial score (nSPS) is 17.9. The minimum atomic E-state index is -0.632. The van der Waals surface area contributed by atoms with E-state index in [2.05, 4.69) is 25.5 Å². The molecule has 38 heavy (non-hydrogen) atoms. The minimum Gasteiger partial charge on any atom is -0.421 e. The van der Waals surface area contributed by atoms with Crippen molar-refractivity contribution in [2.24, 2.45) is 0 Å². The third-order valence-electron chi connectivity index (χ3n) is 6.77. The Morgan fingerprint density at radius 2 is 1.95 bits per heavy atom. The van der Waals surface area contributed by atoms with Gasteiger partial charge in [0.25, 0.3) is 5.91 Å².